The number of carbonyl (C=O) groups excluding carboxylic acids is 4. The van der Waals surface area contributed by atoms with Crippen molar-refractivity contribution in [1.29, 1.82) is 0 Å². The Bertz CT molecular complexity index is 1530. The van der Waals surface area contributed by atoms with Crippen LogP contribution in [0.1, 0.15) is 96.0 Å². The van der Waals surface area contributed by atoms with Crippen LogP contribution in [0.3, 0.4) is 0 Å². The van der Waals surface area contributed by atoms with Crippen molar-refractivity contribution >= 4 is 23.8 Å². The van der Waals surface area contributed by atoms with Gasteiger partial charge in [0.2, 0.25) is 17.7 Å². The molecule has 1 aliphatic heterocycles. The van der Waals surface area contributed by atoms with Crippen LogP contribution < -0.4 is 20.7 Å². The number of alkyl carbamates (subject to hydrolysis) is 1. The number of fused-ring (bicyclic) bond motifs is 2. The fourth-order valence-electron chi connectivity index (χ4n) is 6.45. The molecule has 2 aromatic carbocycles. The summed E-state index contributed by atoms with van der Waals surface area (Å²) in [5.41, 5.74) is 3.10. The molecule has 2 aromatic rings. The fourth-order valence-corrected chi connectivity index (χ4v) is 6.45. The van der Waals surface area contributed by atoms with Gasteiger partial charge in [-0.15, -0.1) is 0 Å². The van der Waals surface area contributed by atoms with Crippen molar-refractivity contribution < 1.29 is 38.1 Å². The highest BCUT2D eigenvalue weighted by Gasteiger charge is 2.42. The van der Waals surface area contributed by atoms with Crippen LogP contribution in [0, 0.1) is 5.41 Å². The van der Waals surface area contributed by atoms with Crippen LogP contribution in [0.2, 0.25) is 0 Å². The van der Waals surface area contributed by atoms with E-state index in [0.717, 1.165) is 36.0 Å². The van der Waals surface area contributed by atoms with E-state index in [0.29, 0.717) is 51.7 Å². The Morgan fingerprint density at radius 3 is 2.31 bits per heavy atom. The lowest BCUT2D eigenvalue weighted by atomic mass is 9.83. The van der Waals surface area contributed by atoms with Crippen LogP contribution in [-0.2, 0) is 48.0 Å². The molecular formula is C40H58N4O8. The van der Waals surface area contributed by atoms with Gasteiger partial charge in [0.1, 0.15) is 30.0 Å². The molecule has 4 rings (SSSR count). The normalized spacial score (nSPS) is 17.6. The van der Waals surface area contributed by atoms with Gasteiger partial charge in [-0.05, 0) is 79.8 Å². The number of rotatable bonds is 15. The molecule has 0 saturated heterocycles. The highest BCUT2D eigenvalue weighted by molar-refractivity contribution is 5.93. The fraction of sp³-hybridized carbons (Fsp3) is 0.600. The van der Waals surface area contributed by atoms with E-state index in [9.17, 15) is 19.2 Å². The first-order valence-corrected chi connectivity index (χ1v) is 18.5. The number of aryl methyl sites for hydroxylation is 1. The van der Waals surface area contributed by atoms with E-state index < -0.39 is 29.2 Å². The number of nitrogens with zero attached hydrogens (tertiary/aromatic N) is 1. The number of nitrogens with one attached hydrogen (secondary N) is 3. The smallest absolute Gasteiger partial charge is 0.407 e. The molecule has 12 nitrogen and oxygen atoms in total. The minimum absolute atomic E-state index is 0.125. The van der Waals surface area contributed by atoms with Crippen molar-refractivity contribution in [3.8, 4) is 5.75 Å². The van der Waals surface area contributed by atoms with Crippen LogP contribution in [0.25, 0.3) is 0 Å². The number of hydrogen-bond acceptors (Lipinski definition) is 8. The SMILES string of the molecule is CCC(=O)N[C@H](C(=O)N1Cc2cc(OCCOCCOCCNC(=O)OC(C)(C)C)ccc2C[C@H]1C(=O)N[C@@H]1CCCc2ccccc21)C(C)(C)C. The summed E-state index contributed by atoms with van der Waals surface area (Å²) < 4.78 is 22.3. The summed E-state index contributed by atoms with van der Waals surface area (Å²) in [6.07, 6.45) is 2.91. The number of hydrogen-bond donors (Lipinski definition) is 3. The third-order valence-corrected chi connectivity index (χ3v) is 9.10. The molecule has 4 amide bonds. The van der Waals surface area contributed by atoms with E-state index in [1.54, 1.807) is 32.6 Å². The third-order valence-electron chi connectivity index (χ3n) is 9.10. The van der Waals surface area contributed by atoms with Crippen LogP contribution >= 0.6 is 0 Å². The maximum absolute atomic E-state index is 14.4. The summed E-state index contributed by atoms with van der Waals surface area (Å²) >= 11 is 0. The van der Waals surface area contributed by atoms with Gasteiger partial charge in [-0.2, -0.15) is 0 Å². The predicted octanol–water partition coefficient (Wildman–Crippen LogP) is 5.01. The molecule has 0 spiro atoms. The lowest BCUT2D eigenvalue weighted by Gasteiger charge is -2.41. The molecule has 0 aromatic heterocycles. The van der Waals surface area contributed by atoms with Gasteiger partial charge in [-0.1, -0.05) is 58.0 Å². The van der Waals surface area contributed by atoms with Gasteiger partial charge in [-0.3, -0.25) is 14.4 Å². The van der Waals surface area contributed by atoms with E-state index in [2.05, 4.69) is 28.1 Å². The minimum atomic E-state index is -0.811. The predicted molar refractivity (Wildman–Crippen MR) is 198 cm³/mol. The maximum atomic E-state index is 14.4. The molecule has 0 fully saturated rings. The Morgan fingerprint density at radius 2 is 1.60 bits per heavy atom. The zero-order valence-corrected chi connectivity index (χ0v) is 32.0. The molecule has 0 unspecified atom stereocenters. The first-order valence-electron chi connectivity index (χ1n) is 18.5. The first kappa shape index (κ1) is 40.6. The van der Waals surface area contributed by atoms with Gasteiger partial charge < -0.3 is 39.8 Å². The first-order chi connectivity index (χ1) is 24.7. The van der Waals surface area contributed by atoms with Crippen molar-refractivity contribution in [2.45, 2.75) is 111 Å². The Labute approximate surface area is 308 Å². The summed E-state index contributed by atoms with van der Waals surface area (Å²) in [6, 6.07) is 12.3. The Balaban J connectivity index is 1.37. The molecular weight excluding hydrogens is 664 g/mol. The van der Waals surface area contributed by atoms with Crippen molar-refractivity contribution in [2.75, 3.05) is 39.6 Å². The van der Waals surface area contributed by atoms with Crippen LogP contribution in [0.4, 0.5) is 4.79 Å². The van der Waals surface area contributed by atoms with Gasteiger partial charge in [0.15, 0.2) is 0 Å². The van der Waals surface area contributed by atoms with Crippen molar-refractivity contribution in [3.63, 3.8) is 0 Å². The van der Waals surface area contributed by atoms with Crippen molar-refractivity contribution in [3.05, 3.63) is 64.7 Å². The molecule has 1 aliphatic carbocycles. The van der Waals surface area contributed by atoms with E-state index >= 15 is 0 Å². The molecule has 12 heteroatoms. The van der Waals surface area contributed by atoms with E-state index in [-0.39, 0.29) is 36.7 Å². The molecule has 52 heavy (non-hydrogen) atoms. The van der Waals surface area contributed by atoms with E-state index in [1.165, 1.54) is 5.56 Å². The highest BCUT2D eigenvalue weighted by atomic mass is 16.6. The van der Waals surface area contributed by atoms with Crippen molar-refractivity contribution in [2.24, 2.45) is 5.41 Å². The quantitative estimate of drug-likeness (QED) is 0.218. The number of ether oxygens (including phenoxy) is 4. The highest BCUT2D eigenvalue weighted by Crippen LogP contribution is 2.33. The zero-order chi connectivity index (χ0) is 37.9. The largest absolute Gasteiger partial charge is 0.491 e. The Hall–Kier alpha value is -4.16. The summed E-state index contributed by atoms with van der Waals surface area (Å²) in [7, 11) is 0. The number of carbonyl (C=O) groups is 4. The minimum Gasteiger partial charge on any atom is -0.491 e. The average molecular weight is 723 g/mol. The molecule has 3 N–H and O–H groups in total. The Morgan fingerprint density at radius 1 is 0.885 bits per heavy atom. The molecule has 1 heterocycles. The molecule has 0 bridgehead atoms. The van der Waals surface area contributed by atoms with Gasteiger partial charge in [-0.25, -0.2) is 4.79 Å². The second-order valence-corrected chi connectivity index (χ2v) is 15.5. The lowest BCUT2D eigenvalue weighted by Crippen LogP contribution is -2.60. The monoisotopic (exact) mass is 722 g/mol. The second kappa shape index (κ2) is 18.6. The average Bonchev–Trinajstić information content (AvgIpc) is 3.09. The van der Waals surface area contributed by atoms with Crippen molar-refractivity contribution in [1.82, 2.24) is 20.9 Å². The molecule has 286 valence electrons. The molecule has 2 aliphatic rings. The van der Waals surface area contributed by atoms with Gasteiger partial charge in [0, 0.05) is 25.9 Å². The number of benzene rings is 2. The summed E-state index contributed by atoms with van der Waals surface area (Å²) in [5.74, 6) is -0.0691. The third kappa shape index (κ3) is 11.9. The lowest BCUT2D eigenvalue weighted by molar-refractivity contribution is -0.147. The van der Waals surface area contributed by atoms with Crippen LogP contribution in [-0.4, -0.2) is 86.0 Å². The Kier molecular flexibility index (Phi) is 14.5. The summed E-state index contributed by atoms with van der Waals surface area (Å²) in [6.45, 7) is 15.2. The molecule has 3 atom stereocenters. The zero-order valence-electron chi connectivity index (χ0n) is 32.0. The molecule has 0 radical (unpaired) electrons. The van der Waals surface area contributed by atoms with Gasteiger partial charge >= 0.3 is 6.09 Å². The summed E-state index contributed by atoms with van der Waals surface area (Å²) in [4.78, 5) is 54.4. The second-order valence-electron chi connectivity index (χ2n) is 15.5. The summed E-state index contributed by atoms with van der Waals surface area (Å²) in [5, 5.41) is 8.86. The van der Waals surface area contributed by atoms with Crippen LogP contribution in [0.15, 0.2) is 42.5 Å². The maximum Gasteiger partial charge on any atom is 0.407 e. The van der Waals surface area contributed by atoms with E-state index in [4.69, 9.17) is 18.9 Å². The topological polar surface area (TPSA) is 145 Å². The number of amides is 4. The van der Waals surface area contributed by atoms with Gasteiger partial charge in [0.05, 0.1) is 32.5 Å². The van der Waals surface area contributed by atoms with E-state index in [1.807, 2.05) is 51.1 Å². The molecule has 0 saturated carbocycles. The standard InChI is InChI=1S/C40H58N4O8/c1-8-34(45)43-35(39(2,3)4)37(47)44-26-29-24-30(51-23-22-50-21-20-49-19-18-41-38(48)52-40(5,6)7)17-16-28(29)25-33(44)36(46)42-32-15-11-13-27-12-9-10-14-31(27)32/h9-10,12,14,16-17,24,32-33,35H,8,11,13,15,18-23,25-26H2,1-7H3,(H,41,48)(H,42,46)(H,43,45)/t32-,33+,35-/m1/s1. The van der Waals surface area contributed by atoms with Gasteiger partial charge in [0.25, 0.3) is 0 Å². The van der Waals surface area contributed by atoms with Crippen LogP contribution in [0.5, 0.6) is 5.75 Å².